The number of nitrogens with one attached hydrogen (secondary N) is 1. The van der Waals surface area contributed by atoms with Gasteiger partial charge >= 0.3 is 11.7 Å². The molecule has 0 aromatic heterocycles. The van der Waals surface area contributed by atoms with Crippen LogP contribution in [0.3, 0.4) is 0 Å². The summed E-state index contributed by atoms with van der Waals surface area (Å²) in [6.07, 6.45) is -1.09. The first kappa shape index (κ1) is 20.9. The van der Waals surface area contributed by atoms with Gasteiger partial charge in [-0.25, -0.2) is 4.79 Å². The Labute approximate surface area is 162 Å². The molecule has 2 aromatic carbocycles. The number of carbonyl (C=O) groups excluding carboxylic acids is 2. The van der Waals surface area contributed by atoms with E-state index in [0.717, 1.165) is 17.2 Å². The zero-order valence-electron chi connectivity index (χ0n) is 16.1. The second kappa shape index (κ2) is 8.98. The maximum absolute atomic E-state index is 12.4. The first-order chi connectivity index (χ1) is 13.2. The van der Waals surface area contributed by atoms with Crippen molar-refractivity contribution < 1.29 is 24.0 Å². The molecule has 8 heteroatoms. The van der Waals surface area contributed by atoms with Crippen molar-refractivity contribution in [3.05, 3.63) is 63.2 Å². The van der Waals surface area contributed by atoms with Gasteiger partial charge in [0.05, 0.1) is 17.1 Å². The average Bonchev–Trinajstić information content (AvgIpc) is 2.64. The van der Waals surface area contributed by atoms with Crippen molar-refractivity contribution in [2.24, 2.45) is 0 Å². The van der Waals surface area contributed by atoms with Crippen molar-refractivity contribution in [1.29, 1.82) is 0 Å². The molecule has 2 aromatic rings. The Bertz CT molecular complexity index is 889. The number of hydrogen-bond acceptors (Lipinski definition) is 6. The molecule has 0 spiro atoms. The van der Waals surface area contributed by atoms with Crippen LogP contribution in [0.1, 0.15) is 35.3 Å². The van der Waals surface area contributed by atoms with Gasteiger partial charge in [0.15, 0.2) is 11.9 Å². The normalized spacial score (nSPS) is 11.4. The van der Waals surface area contributed by atoms with Gasteiger partial charge in [-0.15, -0.1) is 0 Å². The van der Waals surface area contributed by atoms with E-state index in [2.05, 4.69) is 5.32 Å². The van der Waals surface area contributed by atoms with E-state index in [1.807, 2.05) is 32.0 Å². The van der Waals surface area contributed by atoms with Gasteiger partial charge in [0.2, 0.25) is 0 Å². The molecule has 0 aliphatic carbocycles. The summed E-state index contributed by atoms with van der Waals surface area (Å²) in [5.74, 6) is -1.27. The third kappa shape index (κ3) is 4.85. The molecule has 0 aliphatic heterocycles. The van der Waals surface area contributed by atoms with Crippen LogP contribution < -0.4 is 10.1 Å². The number of nitro benzene ring substituents is 1. The van der Waals surface area contributed by atoms with Crippen molar-refractivity contribution in [2.45, 2.75) is 33.8 Å². The van der Waals surface area contributed by atoms with E-state index in [9.17, 15) is 19.7 Å². The molecule has 0 radical (unpaired) electrons. The van der Waals surface area contributed by atoms with Gasteiger partial charge in [-0.2, -0.15) is 0 Å². The zero-order chi connectivity index (χ0) is 20.8. The lowest BCUT2D eigenvalue weighted by atomic mass is 10.1. The lowest BCUT2D eigenvalue weighted by Gasteiger charge is -2.16. The number of carbonyl (C=O) groups is 2. The highest BCUT2D eigenvalue weighted by atomic mass is 16.6. The molecule has 0 saturated carbocycles. The molecule has 0 fully saturated rings. The summed E-state index contributed by atoms with van der Waals surface area (Å²) >= 11 is 0. The second-order valence-corrected chi connectivity index (χ2v) is 6.18. The Balaban J connectivity index is 2.12. The third-order valence-corrected chi connectivity index (χ3v) is 4.07. The Hall–Kier alpha value is -3.42. The number of ether oxygens (including phenoxy) is 2. The van der Waals surface area contributed by atoms with E-state index in [0.29, 0.717) is 5.69 Å². The lowest BCUT2D eigenvalue weighted by Crippen LogP contribution is -2.30. The van der Waals surface area contributed by atoms with Crippen molar-refractivity contribution in [3.63, 3.8) is 0 Å². The van der Waals surface area contributed by atoms with Crippen molar-refractivity contribution in [1.82, 2.24) is 0 Å². The molecule has 28 heavy (non-hydrogen) atoms. The van der Waals surface area contributed by atoms with E-state index in [1.54, 1.807) is 6.92 Å². The predicted octanol–water partition coefficient (Wildman–Crippen LogP) is 3.79. The second-order valence-electron chi connectivity index (χ2n) is 6.18. The van der Waals surface area contributed by atoms with Crippen molar-refractivity contribution in [3.8, 4) is 5.75 Å². The summed E-state index contributed by atoms with van der Waals surface area (Å²) in [7, 11) is 0. The number of hydrogen-bond donors (Lipinski definition) is 1. The molecule has 0 bridgehead atoms. The lowest BCUT2D eigenvalue weighted by molar-refractivity contribution is -0.385. The van der Waals surface area contributed by atoms with Crippen LogP contribution in [0.5, 0.6) is 5.75 Å². The quantitative estimate of drug-likeness (QED) is 0.441. The van der Waals surface area contributed by atoms with Crippen LogP contribution in [-0.2, 0) is 9.53 Å². The molecule has 0 saturated heterocycles. The summed E-state index contributed by atoms with van der Waals surface area (Å²) < 4.78 is 10.4. The number of aryl methyl sites for hydroxylation is 2. The van der Waals surface area contributed by atoms with E-state index in [-0.39, 0.29) is 23.6 Å². The van der Waals surface area contributed by atoms with Crippen LogP contribution in [0.4, 0.5) is 11.4 Å². The van der Waals surface area contributed by atoms with Gasteiger partial charge in [0.25, 0.3) is 5.91 Å². The highest BCUT2D eigenvalue weighted by Crippen LogP contribution is 2.28. The van der Waals surface area contributed by atoms with Gasteiger partial charge in [-0.3, -0.25) is 14.9 Å². The topological polar surface area (TPSA) is 108 Å². The monoisotopic (exact) mass is 386 g/mol. The summed E-state index contributed by atoms with van der Waals surface area (Å²) in [5.41, 5.74) is 2.04. The Morgan fingerprint density at radius 3 is 2.39 bits per heavy atom. The molecule has 0 unspecified atom stereocenters. The van der Waals surface area contributed by atoms with E-state index in [1.165, 1.54) is 19.1 Å². The molecule has 0 heterocycles. The number of esters is 1. The molecule has 8 nitrogen and oxygen atoms in total. The van der Waals surface area contributed by atoms with Crippen LogP contribution in [-0.4, -0.2) is 29.5 Å². The largest absolute Gasteiger partial charge is 0.487 e. The van der Waals surface area contributed by atoms with Gasteiger partial charge < -0.3 is 14.8 Å². The minimum absolute atomic E-state index is 0.0399. The number of para-hydroxylation sites is 1. The maximum atomic E-state index is 12.4. The fourth-order valence-corrected chi connectivity index (χ4v) is 2.58. The van der Waals surface area contributed by atoms with Crippen LogP contribution >= 0.6 is 0 Å². The summed E-state index contributed by atoms with van der Waals surface area (Å²) in [5, 5.41) is 13.9. The van der Waals surface area contributed by atoms with E-state index in [4.69, 9.17) is 9.47 Å². The first-order valence-electron chi connectivity index (χ1n) is 8.73. The van der Waals surface area contributed by atoms with Crippen LogP contribution in [0, 0.1) is 24.0 Å². The smallest absolute Gasteiger partial charge is 0.339 e. The number of nitrogens with zero attached hydrogens (tertiary/aromatic N) is 1. The fourth-order valence-electron chi connectivity index (χ4n) is 2.58. The van der Waals surface area contributed by atoms with E-state index < -0.39 is 22.9 Å². The summed E-state index contributed by atoms with van der Waals surface area (Å²) in [4.78, 5) is 35.2. The van der Waals surface area contributed by atoms with Gasteiger partial charge in [0, 0.05) is 11.8 Å². The minimum Gasteiger partial charge on any atom is -0.487 e. The molecular formula is C20H22N2O6. The van der Waals surface area contributed by atoms with E-state index >= 15 is 0 Å². The van der Waals surface area contributed by atoms with Gasteiger partial charge in [-0.1, -0.05) is 18.2 Å². The van der Waals surface area contributed by atoms with Crippen LogP contribution in [0.2, 0.25) is 0 Å². The number of amides is 1. The SMILES string of the molecule is CCOc1ccc(C(=O)O[C@H](C)C(=O)Nc2c(C)cccc2C)cc1[N+](=O)[O-]. The zero-order valence-corrected chi connectivity index (χ0v) is 16.1. The Kier molecular flexibility index (Phi) is 6.70. The van der Waals surface area contributed by atoms with Crippen LogP contribution in [0.25, 0.3) is 0 Å². The molecule has 148 valence electrons. The average molecular weight is 386 g/mol. The minimum atomic E-state index is -1.09. The number of nitro groups is 1. The van der Waals surface area contributed by atoms with Gasteiger partial charge in [-0.05, 0) is 51.0 Å². The standard InChI is InChI=1S/C20H22N2O6/c1-5-27-17-10-9-15(11-16(17)22(25)26)20(24)28-14(4)19(23)21-18-12(2)7-6-8-13(18)3/h6-11,14H,5H2,1-4H3,(H,21,23)/t14-/m1/s1. The van der Waals surface area contributed by atoms with Gasteiger partial charge in [0.1, 0.15) is 0 Å². The summed E-state index contributed by atoms with van der Waals surface area (Å²) in [6, 6.07) is 9.36. The first-order valence-corrected chi connectivity index (χ1v) is 8.73. The highest BCUT2D eigenvalue weighted by molar-refractivity contribution is 5.98. The van der Waals surface area contributed by atoms with Crippen molar-refractivity contribution in [2.75, 3.05) is 11.9 Å². The van der Waals surface area contributed by atoms with Crippen LogP contribution in [0.15, 0.2) is 36.4 Å². The highest BCUT2D eigenvalue weighted by Gasteiger charge is 2.23. The maximum Gasteiger partial charge on any atom is 0.339 e. The Morgan fingerprint density at radius 2 is 1.82 bits per heavy atom. The third-order valence-electron chi connectivity index (χ3n) is 4.07. The molecule has 2 rings (SSSR count). The molecule has 1 amide bonds. The molecule has 0 aliphatic rings. The molecular weight excluding hydrogens is 364 g/mol. The summed E-state index contributed by atoms with van der Waals surface area (Å²) in [6.45, 7) is 7.10. The number of anilines is 1. The number of rotatable bonds is 7. The van der Waals surface area contributed by atoms with Crippen molar-refractivity contribution >= 4 is 23.3 Å². The Morgan fingerprint density at radius 1 is 1.18 bits per heavy atom. The molecule has 1 atom stereocenters. The fraction of sp³-hybridized carbons (Fsp3) is 0.300. The molecule has 1 N–H and O–H groups in total. The predicted molar refractivity (Wildman–Crippen MR) is 104 cm³/mol. The number of benzene rings is 2.